The Morgan fingerprint density at radius 3 is 2.57 bits per heavy atom. The number of allylic oxidation sites excluding steroid dienone is 4. The van der Waals surface area contributed by atoms with Crippen molar-refractivity contribution in [2.45, 2.75) is 25.0 Å². The summed E-state index contributed by atoms with van der Waals surface area (Å²) in [7, 11) is 0. The highest BCUT2D eigenvalue weighted by Crippen LogP contribution is 2.36. The quantitative estimate of drug-likeness (QED) is 0.337. The molecule has 2 atom stereocenters. The molecule has 5 rings (SSSR count). The Morgan fingerprint density at radius 1 is 1.08 bits per heavy atom. The Bertz CT molecular complexity index is 1370. The molecule has 0 spiro atoms. The molecule has 0 saturated heterocycles. The van der Waals surface area contributed by atoms with E-state index >= 15 is 0 Å². The smallest absolute Gasteiger partial charge is 0.261 e. The zero-order valence-electron chi connectivity index (χ0n) is 19.6. The van der Waals surface area contributed by atoms with Crippen LogP contribution in [0.5, 0.6) is 0 Å². The summed E-state index contributed by atoms with van der Waals surface area (Å²) in [5, 5.41) is 33.1. The average molecular weight is 522 g/mol. The summed E-state index contributed by atoms with van der Waals surface area (Å²) in [4.78, 5) is 43.9. The molecule has 2 aliphatic heterocycles. The number of imide groups is 1. The van der Waals surface area contributed by atoms with Crippen molar-refractivity contribution in [3.63, 3.8) is 0 Å². The predicted octanol–water partition coefficient (Wildman–Crippen LogP) is 2.21. The zero-order chi connectivity index (χ0) is 26.3. The van der Waals surface area contributed by atoms with Gasteiger partial charge >= 0.3 is 0 Å². The molecule has 1 aliphatic carbocycles. The van der Waals surface area contributed by atoms with Gasteiger partial charge in [0.05, 0.1) is 54.3 Å². The van der Waals surface area contributed by atoms with Gasteiger partial charge in [-0.3, -0.25) is 24.3 Å². The lowest BCUT2D eigenvalue weighted by molar-refractivity contribution is -0.114. The summed E-state index contributed by atoms with van der Waals surface area (Å²) in [6.45, 7) is -0.827. The lowest BCUT2D eigenvalue weighted by atomic mass is 9.93. The van der Waals surface area contributed by atoms with Crippen LogP contribution in [0.1, 0.15) is 44.4 Å². The summed E-state index contributed by atoms with van der Waals surface area (Å²) in [5.74, 6) is -1.21. The second kappa shape index (κ2) is 10.0. The van der Waals surface area contributed by atoms with E-state index in [1.165, 1.54) is 0 Å². The van der Waals surface area contributed by atoms with Gasteiger partial charge in [-0.1, -0.05) is 29.8 Å². The maximum atomic E-state index is 12.9. The van der Waals surface area contributed by atoms with Crippen molar-refractivity contribution < 1.29 is 29.7 Å². The predicted molar refractivity (Wildman–Crippen MR) is 137 cm³/mol. The molecule has 190 valence electrons. The number of hydrogen-bond acceptors (Lipinski definition) is 8. The standard InChI is InChI=1S/C27H24ClN3O6/c28-16-4-1-3-14(7-16)24(35)11-29-20-5-2-6-23(34)25(20)22-9-15-8-18-19(10-21(15)30-22)27(37)31(26(18)36)12-17(33)13-32/h1-5,7-8,10,17,24,30,32-33,35H,6,9,11-13H2/t17?,24-/m1/s1. The number of fused-ring (bicyclic) bond motifs is 2. The highest BCUT2D eigenvalue weighted by molar-refractivity contribution is 6.30. The first-order chi connectivity index (χ1) is 17.8. The molecule has 4 N–H and O–H groups in total. The van der Waals surface area contributed by atoms with E-state index in [4.69, 9.17) is 16.7 Å². The second-order valence-corrected chi connectivity index (χ2v) is 9.53. The molecular formula is C27H24ClN3O6. The third-order valence-electron chi connectivity index (χ3n) is 6.54. The van der Waals surface area contributed by atoms with Crippen LogP contribution in [0.15, 0.2) is 64.8 Å². The average Bonchev–Trinajstić information content (AvgIpc) is 3.39. The van der Waals surface area contributed by atoms with Crippen molar-refractivity contribution in [2.24, 2.45) is 4.99 Å². The Kier molecular flexibility index (Phi) is 6.78. The number of β-amino-alcohol motifs (C(OH)–C–C–N with tert-alkyl or cyclic N) is 1. The molecule has 3 aliphatic rings. The molecule has 1 unspecified atom stereocenters. The third-order valence-corrected chi connectivity index (χ3v) is 6.77. The lowest BCUT2D eigenvalue weighted by Crippen LogP contribution is -2.38. The van der Waals surface area contributed by atoms with Crippen molar-refractivity contribution in [2.75, 3.05) is 25.0 Å². The van der Waals surface area contributed by atoms with E-state index in [0.717, 1.165) is 10.5 Å². The fourth-order valence-electron chi connectivity index (χ4n) is 4.69. The molecule has 0 aromatic heterocycles. The first-order valence-corrected chi connectivity index (χ1v) is 12.1. The van der Waals surface area contributed by atoms with Crippen molar-refractivity contribution in [1.29, 1.82) is 0 Å². The molecule has 37 heavy (non-hydrogen) atoms. The van der Waals surface area contributed by atoms with E-state index in [-0.39, 0.29) is 36.4 Å². The van der Waals surface area contributed by atoms with Crippen LogP contribution >= 0.6 is 11.6 Å². The second-order valence-electron chi connectivity index (χ2n) is 9.09. The molecule has 10 heteroatoms. The van der Waals surface area contributed by atoms with E-state index in [2.05, 4.69) is 10.3 Å². The van der Waals surface area contributed by atoms with Crippen LogP contribution in [-0.2, 0) is 11.2 Å². The first-order valence-electron chi connectivity index (χ1n) is 11.8. The number of amides is 2. The van der Waals surface area contributed by atoms with E-state index < -0.39 is 30.6 Å². The number of Topliss-reactive ketones (excluding diaryl/α,β-unsaturated/α-hetero) is 1. The van der Waals surface area contributed by atoms with Gasteiger partial charge in [0.15, 0.2) is 5.78 Å². The minimum atomic E-state index is -1.22. The van der Waals surface area contributed by atoms with Gasteiger partial charge in [0.25, 0.3) is 11.8 Å². The number of aliphatic hydroxyl groups excluding tert-OH is 3. The number of nitrogens with zero attached hydrogens (tertiary/aromatic N) is 2. The fourth-order valence-corrected chi connectivity index (χ4v) is 4.89. The van der Waals surface area contributed by atoms with Crippen LogP contribution in [0.2, 0.25) is 5.02 Å². The number of aliphatic imine (C=N–C) groups is 1. The van der Waals surface area contributed by atoms with Crippen molar-refractivity contribution in [3.05, 3.63) is 87.1 Å². The van der Waals surface area contributed by atoms with Gasteiger partial charge in [-0.15, -0.1) is 0 Å². The van der Waals surface area contributed by atoms with Gasteiger partial charge in [0.2, 0.25) is 0 Å². The number of anilines is 1. The van der Waals surface area contributed by atoms with Gasteiger partial charge in [-0.25, -0.2) is 0 Å². The number of carbonyl (C=O) groups is 3. The molecule has 0 fully saturated rings. The SMILES string of the molecule is O=C1CC=CC(=NC[C@@H](O)c2cccc(Cl)c2)C1=C1Cc2cc3c(cc2N1)C(=O)N(CC(O)CO)C3=O. The van der Waals surface area contributed by atoms with E-state index in [1.807, 2.05) is 0 Å². The van der Waals surface area contributed by atoms with Crippen molar-refractivity contribution in [1.82, 2.24) is 4.90 Å². The number of rotatable bonds is 6. The summed E-state index contributed by atoms with van der Waals surface area (Å²) in [6.07, 6.45) is 1.89. The molecule has 0 saturated carbocycles. The number of benzene rings is 2. The van der Waals surface area contributed by atoms with Crippen LogP contribution < -0.4 is 5.32 Å². The number of nitrogens with one attached hydrogen (secondary N) is 1. The van der Waals surface area contributed by atoms with Gasteiger partial charge in [0, 0.05) is 29.2 Å². The molecule has 0 radical (unpaired) electrons. The minimum Gasteiger partial charge on any atom is -0.394 e. The summed E-state index contributed by atoms with van der Waals surface area (Å²) in [5.41, 5.74) is 3.83. The molecule has 2 amide bonds. The number of hydrogen-bond donors (Lipinski definition) is 4. The van der Waals surface area contributed by atoms with Crippen molar-refractivity contribution >= 4 is 40.6 Å². The van der Waals surface area contributed by atoms with E-state index in [9.17, 15) is 24.6 Å². The molecule has 2 heterocycles. The largest absolute Gasteiger partial charge is 0.394 e. The first kappa shape index (κ1) is 25.0. The summed E-state index contributed by atoms with van der Waals surface area (Å²) in [6, 6.07) is 10.1. The van der Waals surface area contributed by atoms with E-state index in [1.54, 1.807) is 48.6 Å². The van der Waals surface area contributed by atoms with Crippen LogP contribution in [0.4, 0.5) is 5.69 Å². The van der Waals surface area contributed by atoms with Gasteiger partial charge in [-0.2, -0.15) is 0 Å². The lowest BCUT2D eigenvalue weighted by Gasteiger charge is -2.16. The van der Waals surface area contributed by atoms with E-state index in [0.29, 0.717) is 39.7 Å². The Morgan fingerprint density at radius 2 is 1.84 bits per heavy atom. The van der Waals surface area contributed by atoms with Gasteiger partial charge in [0.1, 0.15) is 0 Å². The van der Waals surface area contributed by atoms with Gasteiger partial charge < -0.3 is 20.6 Å². The highest BCUT2D eigenvalue weighted by Gasteiger charge is 2.38. The Balaban J connectivity index is 1.42. The molecular weight excluding hydrogens is 498 g/mol. The summed E-state index contributed by atoms with van der Waals surface area (Å²) >= 11 is 6.02. The fraction of sp³-hybridized carbons (Fsp3) is 0.259. The number of ketones is 1. The maximum absolute atomic E-state index is 12.9. The minimum absolute atomic E-state index is 0.0316. The third kappa shape index (κ3) is 4.74. The van der Waals surface area contributed by atoms with Crippen molar-refractivity contribution in [3.8, 4) is 0 Å². The number of carbonyl (C=O) groups excluding carboxylic acids is 3. The topological polar surface area (TPSA) is 140 Å². The van der Waals surface area contributed by atoms with Gasteiger partial charge in [-0.05, 0) is 41.5 Å². The molecule has 2 aromatic rings. The monoisotopic (exact) mass is 521 g/mol. The normalized spacial score (nSPS) is 21.4. The number of aliphatic hydroxyl groups is 3. The Labute approximate surface area is 217 Å². The maximum Gasteiger partial charge on any atom is 0.261 e. The van der Waals surface area contributed by atoms with Crippen LogP contribution in [0.25, 0.3) is 0 Å². The Hall–Kier alpha value is -3.63. The molecule has 2 aromatic carbocycles. The van der Waals surface area contributed by atoms with Crippen LogP contribution in [0.3, 0.4) is 0 Å². The molecule has 0 bridgehead atoms. The summed E-state index contributed by atoms with van der Waals surface area (Å²) < 4.78 is 0. The highest BCUT2D eigenvalue weighted by atomic mass is 35.5. The van der Waals surface area contributed by atoms with Crippen LogP contribution in [0, 0.1) is 0 Å². The molecule has 9 nitrogen and oxygen atoms in total. The zero-order valence-corrected chi connectivity index (χ0v) is 20.4. The van der Waals surface area contributed by atoms with Crippen LogP contribution in [-0.4, -0.2) is 69.3 Å². The number of halogens is 1.